The zero-order valence-electron chi connectivity index (χ0n) is 8.32. The van der Waals surface area contributed by atoms with Crippen LogP contribution < -0.4 is 4.72 Å². The highest BCUT2D eigenvalue weighted by Gasteiger charge is 2.31. The van der Waals surface area contributed by atoms with Gasteiger partial charge in [0.2, 0.25) is 10.0 Å². The summed E-state index contributed by atoms with van der Waals surface area (Å²) in [7, 11) is -3.35. The summed E-state index contributed by atoms with van der Waals surface area (Å²) >= 11 is 0. The molecule has 0 aromatic heterocycles. The van der Waals surface area contributed by atoms with Crippen molar-refractivity contribution in [1.82, 2.24) is 4.72 Å². The van der Waals surface area contributed by atoms with Crippen LogP contribution in [0.25, 0.3) is 0 Å². The van der Waals surface area contributed by atoms with Gasteiger partial charge >= 0.3 is 0 Å². The van der Waals surface area contributed by atoms with Crippen LogP contribution in [0.15, 0.2) is 0 Å². The van der Waals surface area contributed by atoms with E-state index in [2.05, 4.69) is 4.72 Å². The molecule has 14 heavy (non-hydrogen) atoms. The number of nitrogens with one attached hydrogen (secondary N) is 1. The van der Waals surface area contributed by atoms with Crippen LogP contribution in [0.1, 0.15) is 19.8 Å². The topological polar surface area (TPSA) is 75.6 Å². The Labute approximate surface area is 84.5 Å². The maximum atomic E-state index is 11.4. The lowest BCUT2D eigenvalue weighted by molar-refractivity contribution is 0.0537. The lowest BCUT2D eigenvalue weighted by Gasteiger charge is -2.33. The average molecular weight is 223 g/mol. The molecule has 1 heterocycles. The molecule has 0 bridgehead atoms. The molecule has 0 aliphatic carbocycles. The quantitative estimate of drug-likeness (QED) is 0.671. The minimum absolute atomic E-state index is 0.233. The van der Waals surface area contributed by atoms with Crippen molar-refractivity contribution in [2.45, 2.75) is 25.3 Å². The van der Waals surface area contributed by atoms with E-state index in [0.29, 0.717) is 26.1 Å². The largest absolute Gasteiger partial charge is 0.395 e. The van der Waals surface area contributed by atoms with Crippen molar-refractivity contribution in [2.24, 2.45) is 0 Å². The van der Waals surface area contributed by atoms with E-state index in [9.17, 15) is 8.42 Å². The Bertz CT molecular complexity index is 269. The summed E-state index contributed by atoms with van der Waals surface area (Å²) in [6.45, 7) is 2.68. The van der Waals surface area contributed by atoms with Crippen LogP contribution >= 0.6 is 0 Å². The monoisotopic (exact) mass is 223 g/mol. The third-order valence-corrected chi connectivity index (χ3v) is 3.88. The first-order valence-corrected chi connectivity index (χ1v) is 6.33. The predicted molar refractivity (Wildman–Crippen MR) is 52.5 cm³/mol. The SMILES string of the molecule is CC1(NS(=O)(=O)CCO)CCOCC1. The first kappa shape index (κ1) is 11.9. The van der Waals surface area contributed by atoms with Gasteiger partial charge in [-0.2, -0.15) is 0 Å². The Kier molecular flexibility index (Phi) is 3.88. The maximum absolute atomic E-state index is 11.4. The second-order valence-electron chi connectivity index (χ2n) is 3.82. The summed E-state index contributed by atoms with van der Waals surface area (Å²) in [5.41, 5.74) is -0.410. The molecule has 1 saturated heterocycles. The van der Waals surface area contributed by atoms with Gasteiger partial charge in [-0.1, -0.05) is 0 Å². The molecule has 0 spiro atoms. The summed E-state index contributed by atoms with van der Waals surface area (Å²) in [6, 6.07) is 0. The molecule has 0 aromatic carbocycles. The third-order valence-electron chi connectivity index (χ3n) is 2.36. The van der Waals surface area contributed by atoms with Crippen molar-refractivity contribution in [2.75, 3.05) is 25.6 Å². The summed E-state index contributed by atoms with van der Waals surface area (Å²) in [5, 5.41) is 8.57. The van der Waals surface area contributed by atoms with Crippen molar-refractivity contribution in [1.29, 1.82) is 0 Å². The fourth-order valence-electron chi connectivity index (χ4n) is 1.47. The minimum atomic E-state index is -3.35. The van der Waals surface area contributed by atoms with Crippen molar-refractivity contribution in [3.63, 3.8) is 0 Å². The van der Waals surface area contributed by atoms with E-state index < -0.39 is 15.6 Å². The summed E-state index contributed by atoms with van der Waals surface area (Å²) in [5.74, 6) is -0.233. The lowest BCUT2D eigenvalue weighted by Crippen LogP contribution is -2.50. The molecule has 1 aliphatic heterocycles. The van der Waals surface area contributed by atoms with Crippen LogP contribution in [0.3, 0.4) is 0 Å². The maximum Gasteiger partial charge on any atom is 0.214 e. The molecule has 0 radical (unpaired) electrons. The van der Waals surface area contributed by atoms with Crippen LogP contribution in [0.5, 0.6) is 0 Å². The van der Waals surface area contributed by atoms with E-state index in [-0.39, 0.29) is 12.4 Å². The molecule has 6 heteroatoms. The molecule has 0 unspecified atom stereocenters. The number of aliphatic hydroxyl groups excluding tert-OH is 1. The Morgan fingerprint density at radius 1 is 1.43 bits per heavy atom. The number of ether oxygens (including phenoxy) is 1. The van der Waals surface area contributed by atoms with Gasteiger partial charge in [-0.3, -0.25) is 0 Å². The highest BCUT2D eigenvalue weighted by Crippen LogP contribution is 2.20. The van der Waals surface area contributed by atoms with Gasteiger partial charge in [0.05, 0.1) is 12.4 Å². The van der Waals surface area contributed by atoms with Crippen LogP contribution in [0.4, 0.5) is 0 Å². The summed E-state index contributed by atoms with van der Waals surface area (Å²) < 4.78 is 30.5. The molecule has 2 N–H and O–H groups in total. The average Bonchev–Trinajstić information content (AvgIpc) is 2.02. The number of rotatable bonds is 4. The second kappa shape index (κ2) is 4.57. The molecular weight excluding hydrogens is 206 g/mol. The third kappa shape index (κ3) is 3.53. The fourth-order valence-corrected chi connectivity index (χ4v) is 2.77. The first-order chi connectivity index (χ1) is 6.47. The molecule has 0 saturated carbocycles. The van der Waals surface area contributed by atoms with Crippen LogP contribution in [-0.4, -0.2) is 44.6 Å². The Balaban J connectivity index is 2.57. The first-order valence-electron chi connectivity index (χ1n) is 4.68. The highest BCUT2D eigenvalue weighted by molar-refractivity contribution is 7.89. The molecule has 1 aliphatic rings. The Morgan fingerprint density at radius 3 is 2.50 bits per heavy atom. The molecule has 0 aromatic rings. The molecule has 5 nitrogen and oxygen atoms in total. The van der Waals surface area contributed by atoms with Gasteiger partial charge in [0.25, 0.3) is 0 Å². The van der Waals surface area contributed by atoms with Crippen molar-refractivity contribution in [3.05, 3.63) is 0 Å². The number of hydrogen-bond donors (Lipinski definition) is 2. The smallest absolute Gasteiger partial charge is 0.214 e. The highest BCUT2D eigenvalue weighted by atomic mass is 32.2. The van der Waals surface area contributed by atoms with E-state index >= 15 is 0 Å². The fraction of sp³-hybridized carbons (Fsp3) is 1.00. The van der Waals surface area contributed by atoms with Gasteiger partial charge in [0.1, 0.15) is 0 Å². The van der Waals surface area contributed by atoms with Crippen LogP contribution in [0, 0.1) is 0 Å². The molecule has 1 fully saturated rings. The molecule has 0 atom stereocenters. The number of sulfonamides is 1. The van der Waals surface area contributed by atoms with Gasteiger partial charge in [0, 0.05) is 18.8 Å². The standard InChI is InChI=1S/C8H17NO4S/c1-8(2-5-13-6-3-8)9-14(11,12)7-4-10/h9-10H,2-7H2,1H3. The van der Waals surface area contributed by atoms with E-state index in [4.69, 9.17) is 9.84 Å². The van der Waals surface area contributed by atoms with Crippen molar-refractivity contribution >= 4 is 10.0 Å². The molecule has 84 valence electrons. The van der Waals surface area contributed by atoms with E-state index in [1.807, 2.05) is 6.92 Å². The van der Waals surface area contributed by atoms with Gasteiger partial charge in [-0.25, -0.2) is 13.1 Å². The minimum Gasteiger partial charge on any atom is -0.395 e. The van der Waals surface area contributed by atoms with Crippen LogP contribution in [-0.2, 0) is 14.8 Å². The Hall–Kier alpha value is -0.170. The molecule has 0 amide bonds. The van der Waals surface area contributed by atoms with E-state index in [0.717, 1.165) is 0 Å². The second-order valence-corrected chi connectivity index (χ2v) is 5.66. The van der Waals surface area contributed by atoms with Crippen molar-refractivity contribution in [3.8, 4) is 0 Å². The summed E-state index contributed by atoms with van der Waals surface area (Å²) in [6.07, 6.45) is 1.36. The normalized spacial score (nSPS) is 22.1. The van der Waals surface area contributed by atoms with Gasteiger partial charge < -0.3 is 9.84 Å². The van der Waals surface area contributed by atoms with Crippen LogP contribution in [0.2, 0.25) is 0 Å². The number of aliphatic hydroxyl groups is 1. The predicted octanol–water partition coefficient (Wildman–Crippen LogP) is -0.533. The molecular formula is C8H17NO4S. The van der Waals surface area contributed by atoms with Gasteiger partial charge in [0.15, 0.2) is 0 Å². The van der Waals surface area contributed by atoms with Gasteiger partial charge in [-0.15, -0.1) is 0 Å². The van der Waals surface area contributed by atoms with E-state index in [1.165, 1.54) is 0 Å². The summed E-state index contributed by atoms with van der Waals surface area (Å²) in [4.78, 5) is 0. The zero-order chi connectivity index (χ0) is 10.7. The van der Waals surface area contributed by atoms with Crippen molar-refractivity contribution < 1.29 is 18.3 Å². The lowest BCUT2D eigenvalue weighted by atomic mass is 9.94. The Morgan fingerprint density at radius 2 is 2.00 bits per heavy atom. The zero-order valence-corrected chi connectivity index (χ0v) is 9.14. The van der Waals surface area contributed by atoms with Gasteiger partial charge in [-0.05, 0) is 19.8 Å². The van der Waals surface area contributed by atoms with E-state index in [1.54, 1.807) is 0 Å². The number of hydrogen-bond acceptors (Lipinski definition) is 4. The molecule has 1 rings (SSSR count).